The standard InChI is InChI=1S/C13H18FN3O/c14-10-3-5-12(6-4-10)16-13(18)9-17-7-1-2-11(15)8-17/h3-6,11H,1-2,7-9,15H2,(H,16,18)/t11-/m1/s1. The summed E-state index contributed by atoms with van der Waals surface area (Å²) in [6, 6.07) is 5.92. The molecule has 2 rings (SSSR count). The van der Waals surface area contributed by atoms with Crippen molar-refractivity contribution < 1.29 is 9.18 Å². The maximum Gasteiger partial charge on any atom is 0.238 e. The topological polar surface area (TPSA) is 58.4 Å². The van der Waals surface area contributed by atoms with Crippen LogP contribution in [-0.4, -0.2) is 36.5 Å². The van der Waals surface area contributed by atoms with Crippen molar-refractivity contribution in [3.8, 4) is 0 Å². The number of benzene rings is 1. The van der Waals surface area contributed by atoms with Gasteiger partial charge in [-0.15, -0.1) is 0 Å². The zero-order chi connectivity index (χ0) is 13.0. The highest BCUT2D eigenvalue weighted by atomic mass is 19.1. The van der Waals surface area contributed by atoms with Gasteiger partial charge >= 0.3 is 0 Å². The van der Waals surface area contributed by atoms with Gasteiger partial charge in [-0.1, -0.05) is 0 Å². The van der Waals surface area contributed by atoms with Crippen molar-refractivity contribution in [1.29, 1.82) is 0 Å². The van der Waals surface area contributed by atoms with Crippen molar-refractivity contribution in [2.24, 2.45) is 5.73 Å². The van der Waals surface area contributed by atoms with Crippen LogP contribution in [0.1, 0.15) is 12.8 Å². The Kier molecular flexibility index (Phi) is 4.28. The third-order valence-corrected chi connectivity index (χ3v) is 3.04. The van der Waals surface area contributed by atoms with Crippen molar-refractivity contribution in [3.05, 3.63) is 30.1 Å². The molecule has 1 saturated heterocycles. The van der Waals surface area contributed by atoms with Crippen LogP contribution in [0.15, 0.2) is 24.3 Å². The number of anilines is 1. The van der Waals surface area contributed by atoms with E-state index in [0.717, 1.165) is 25.9 Å². The molecule has 3 N–H and O–H groups in total. The van der Waals surface area contributed by atoms with Crippen LogP contribution < -0.4 is 11.1 Å². The van der Waals surface area contributed by atoms with E-state index in [1.54, 1.807) is 12.1 Å². The third-order valence-electron chi connectivity index (χ3n) is 3.04. The van der Waals surface area contributed by atoms with Crippen LogP contribution in [0.5, 0.6) is 0 Å². The highest BCUT2D eigenvalue weighted by Gasteiger charge is 2.18. The molecule has 0 aliphatic carbocycles. The lowest BCUT2D eigenvalue weighted by Gasteiger charge is -2.29. The molecule has 1 atom stereocenters. The van der Waals surface area contributed by atoms with Gasteiger partial charge in [-0.25, -0.2) is 4.39 Å². The second kappa shape index (κ2) is 5.93. The SMILES string of the molecule is N[C@@H]1CCCN(CC(=O)Nc2ccc(F)cc2)C1. The highest BCUT2D eigenvalue weighted by Crippen LogP contribution is 2.10. The molecule has 18 heavy (non-hydrogen) atoms. The van der Waals surface area contributed by atoms with Gasteiger partial charge in [-0.3, -0.25) is 9.69 Å². The Morgan fingerprint density at radius 3 is 2.83 bits per heavy atom. The molecule has 1 amide bonds. The van der Waals surface area contributed by atoms with Gasteiger partial charge in [0, 0.05) is 18.3 Å². The summed E-state index contributed by atoms with van der Waals surface area (Å²) in [4.78, 5) is 13.8. The van der Waals surface area contributed by atoms with Gasteiger partial charge in [0.1, 0.15) is 5.82 Å². The van der Waals surface area contributed by atoms with Crippen LogP contribution in [0, 0.1) is 5.82 Å². The Morgan fingerprint density at radius 1 is 1.44 bits per heavy atom. The molecule has 98 valence electrons. The number of carbonyl (C=O) groups is 1. The molecule has 1 aromatic rings. The minimum Gasteiger partial charge on any atom is -0.327 e. The molecule has 0 spiro atoms. The number of rotatable bonds is 3. The molecule has 0 unspecified atom stereocenters. The van der Waals surface area contributed by atoms with Gasteiger partial charge in [-0.05, 0) is 43.7 Å². The Morgan fingerprint density at radius 2 is 2.17 bits per heavy atom. The van der Waals surface area contributed by atoms with Crippen molar-refractivity contribution >= 4 is 11.6 Å². The lowest BCUT2D eigenvalue weighted by Crippen LogP contribution is -2.45. The molecular weight excluding hydrogens is 233 g/mol. The number of nitrogens with two attached hydrogens (primary N) is 1. The molecule has 1 heterocycles. The molecule has 0 aromatic heterocycles. The zero-order valence-corrected chi connectivity index (χ0v) is 10.2. The number of nitrogens with one attached hydrogen (secondary N) is 1. The average molecular weight is 251 g/mol. The number of carbonyl (C=O) groups excluding carboxylic acids is 1. The van der Waals surface area contributed by atoms with Gasteiger partial charge in [-0.2, -0.15) is 0 Å². The van der Waals surface area contributed by atoms with Gasteiger partial charge in [0.15, 0.2) is 0 Å². The van der Waals surface area contributed by atoms with E-state index in [1.165, 1.54) is 12.1 Å². The second-order valence-electron chi connectivity index (χ2n) is 4.69. The molecule has 0 bridgehead atoms. The minimum atomic E-state index is -0.310. The summed E-state index contributed by atoms with van der Waals surface area (Å²) < 4.78 is 12.7. The predicted octanol–water partition coefficient (Wildman–Crippen LogP) is 1.19. The maximum atomic E-state index is 12.7. The van der Waals surface area contributed by atoms with Gasteiger partial charge in [0.2, 0.25) is 5.91 Å². The van der Waals surface area contributed by atoms with E-state index >= 15 is 0 Å². The van der Waals surface area contributed by atoms with Crippen LogP contribution in [0.4, 0.5) is 10.1 Å². The first-order valence-corrected chi connectivity index (χ1v) is 6.17. The monoisotopic (exact) mass is 251 g/mol. The van der Waals surface area contributed by atoms with Crippen LogP contribution in [0.3, 0.4) is 0 Å². The van der Waals surface area contributed by atoms with E-state index < -0.39 is 0 Å². The molecule has 5 heteroatoms. The molecule has 0 saturated carbocycles. The highest BCUT2D eigenvalue weighted by molar-refractivity contribution is 5.92. The lowest BCUT2D eigenvalue weighted by atomic mass is 10.1. The number of piperidine rings is 1. The van der Waals surface area contributed by atoms with Crippen LogP contribution in [0.25, 0.3) is 0 Å². The molecule has 1 fully saturated rings. The summed E-state index contributed by atoms with van der Waals surface area (Å²) in [5, 5.41) is 2.74. The average Bonchev–Trinajstić information content (AvgIpc) is 2.32. The van der Waals surface area contributed by atoms with E-state index in [-0.39, 0.29) is 17.8 Å². The first-order chi connectivity index (χ1) is 8.63. The number of nitrogens with zero attached hydrogens (tertiary/aromatic N) is 1. The summed E-state index contributed by atoms with van der Waals surface area (Å²) in [6.07, 6.45) is 2.06. The van der Waals surface area contributed by atoms with Crippen LogP contribution in [-0.2, 0) is 4.79 Å². The molecule has 1 aliphatic rings. The number of likely N-dealkylation sites (tertiary alicyclic amines) is 1. The van der Waals surface area contributed by atoms with Gasteiger partial charge < -0.3 is 11.1 Å². The molecule has 1 aromatic carbocycles. The van der Waals surface area contributed by atoms with Crippen LogP contribution in [0.2, 0.25) is 0 Å². The number of halogens is 1. The Labute approximate surface area is 106 Å². The zero-order valence-electron chi connectivity index (χ0n) is 10.2. The van der Waals surface area contributed by atoms with Crippen molar-refractivity contribution in [1.82, 2.24) is 4.90 Å². The Balaban J connectivity index is 1.83. The van der Waals surface area contributed by atoms with Crippen LogP contribution >= 0.6 is 0 Å². The summed E-state index contributed by atoms with van der Waals surface area (Å²) in [6.45, 7) is 2.01. The van der Waals surface area contributed by atoms with E-state index in [1.807, 2.05) is 4.90 Å². The Bertz CT molecular complexity index is 407. The fourth-order valence-corrected chi connectivity index (χ4v) is 2.17. The van der Waals surface area contributed by atoms with Gasteiger partial charge in [0.25, 0.3) is 0 Å². The van der Waals surface area contributed by atoms with Gasteiger partial charge in [0.05, 0.1) is 6.54 Å². The molecular formula is C13H18FN3O. The van der Waals surface area contributed by atoms with E-state index in [9.17, 15) is 9.18 Å². The summed E-state index contributed by atoms with van der Waals surface area (Å²) >= 11 is 0. The van der Waals surface area contributed by atoms with Crippen molar-refractivity contribution in [3.63, 3.8) is 0 Å². The number of hydrogen-bond donors (Lipinski definition) is 2. The fraction of sp³-hybridized carbons (Fsp3) is 0.462. The summed E-state index contributed by atoms with van der Waals surface area (Å²) in [5.41, 5.74) is 6.47. The molecule has 0 radical (unpaired) electrons. The van der Waals surface area contributed by atoms with Crippen molar-refractivity contribution in [2.75, 3.05) is 25.0 Å². The third kappa shape index (κ3) is 3.78. The van der Waals surface area contributed by atoms with E-state index in [4.69, 9.17) is 5.73 Å². The quantitative estimate of drug-likeness (QED) is 0.848. The van der Waals surface area contributed by atoms with E-state index in [2.05, 4.69) is 5.32 Å². The fourth-order valence-electron chi connectivity index (χ4n) is 2.17. The van der Waals surface area contributed by atoms with E-state index in [0.29, 0.717) is 12.2 Å². The molecule has 4 nitrogen and oxygen atoms in total. The smallest absolute Gasteiger partial charge is 0.238 e. The van der Waals surface area contributed by atoms with Crippen molar-refractivity contribution in [2.45, 2.75) is 18.9 Å². The summed E-state index contributed by atoms with van der Waals surface area (Å²) in [5.74, 6) is -0.397. The Hall–Kier alpha value is -1.46. The first kappa shape index (κ1) is 13.0. The normalized spacial score (nSPS) is 20.7. The number of hydrogen-bond acceptors (Lipinski definition) is 3. The predicted molar refractivity (Wildman–Crippen MR) is 68.7 cm³/mol. The number of amides is 1. The largest absolute Gasteiger partial charge is 0.327 e. The maximum absolute atomic E-state index is 12.7. The summed E-state index contributed by atoms with van der Waals surface area (Å²) in [7, 11) is 0. The lowest BCUT2D eigenvalue weighted by molar-refractivity contribution is -0.117. The minimum absolute atomic E-state index is 0.0873. The molecule has 1 aliphatic heterocycles. The first-order valence-electron chi connectivity index (χ1n) is 6.17. The second-order valence-corrected chi connectivity index (χ2v) is 4.69.